The minimum Gasteiger partial charge on any atom is -0.462 e. The average molecular weight is 1020 g/mol. The van der Waals surface area contributed by atoms with Gasteiger partial charge in [-0.3, -0.25) is 14.4 Å². The Morgan fingerprint density at radius 3 is 0.822 bits per heavy atom. The molecule has 0 N–H and O–H groups in total. The van der Waals surface area contributed by atoms with Gasteiger partial charge in [-0.15, -0.1) is 0 Å². The molecule has 0 aromatic carbocycles. The van der Waals surface area contributed by atoms with Crippen molar-refractivity contribution in [3.63, 3.8) is 0 Å². The lowest BCUT2D eigenvalue weighted by Crippen LogP contribution is -2.30. The molecule has 0 bridgehead atoms. The van der Waals surface area contributed by atoms with Crippen molar-refractivity contribution in [2.75, 3.05) is 13.2 Å². The van der Waals surface area contributed by atoms with Crippen molar-refractivity contribution < 1.29 is 28.6 Å². The molecule has 0 spiro atoms. The Hall–Kier alpha value is -3.41. The standard InChI is InChI=1S/C67H116O6/c1-4-7-10-13-16-19-21-23-25-27-29-31-33-35-36-38-40-42-44-46-48-51-54-57-60-66(69)72-63-64(62-71-65(68)59-56-53-50-18-15-12-9-6-3)73-67(70)61-58-55-52-49-47-45-43-41-39-37-34-32-30-28-26-24-22-20-17-14-11-8-5-2/h8,11,17,20,24,26,30,32,37,39,43,45,49,52,64H,4-7,9-10,12-16,18-19,21-23,25,27-29,31,33-36,38,40-42,44,46-48,50-51,53-63H2,1-3H3/b11-8-,20-17-,26-24-,32-30-,39-37-,45-43-,52-49-. The SMILES string of the molecule is CC/C=C\C/C=C\C/C=C\C/C=C\C/C=C\C/C=C\C/C=C\CCCC(=O)OC(COC(=O)CCCCCCCCCC)COC(=O)CCCCCCCCCCCCCCCCCCCCCCCCCC. The number of ether oxygens (including phenoxy) is 3. The fourth-order valence-electron chi connectivity index (χ4n) is 8.79. The number of esters is 3. The number of rotatable bonds is 56. The largest absolute Gasteiger partial charge is 0.462 e. The van der Waals surface area contributed by atoms with E-state index in [2.05, 4.69) is 106 Å². The Labute approximate surface area is 452 Å². The minimum absolute atomic E-state index is 0.0964. The van der Waals surface area contributed by atoms with Crippen LogP contribution in [0.3, 0.4) is 0 Å². The molecule has 0 aromatic heterocycles. The van der Waals surface area contributed by atoms with Crippen molar-refractivity contribution in [1.82, 2.24) is 0 Å². The van der Waals surface area contributed by atoms with Gasteiger partial charge in [-0.05, 0) is 70.6 Å². The van der Waals surface area contributed by atoms with Crippen LogP contribution in [0.25, 0.3) is 0 Å². The number of hydrogen-bond acceptors (Lipinski definition) is 6. The highest BCUT2D eigenvalue weighted by Gasteiger charge is 2.19. The summed E-state index contributed by atoms with van der Waals surface area (Å²) in [4.78, 5) is 38.1. The van der Waals surface area contributed by atoms with Crippen LogP contribution >= 0.6 is 0 Å². The van der Waals surface area contributed by atoms with Crippen molar-refractivity contribution in [2.45, 2.75) is 309 Å². The van der Waals surface area contributed by atoms with Crippen molar-refractivity contribution in [2.24, 2.45) is 0 Å². The smallest absolute Gasteiger partial charge is 0.306 e. The zero-order valence-electron chi connectivity index (χ0n) is 48.1. The van der Waals surface area contributed by atoms with E-state index in [1.807, 2.05) is 0 Å². The van der Waals surface area contributed by atoms with Crippen molar-refractivity contribution in [1.29, 1.82) is 0 Å². The highest BCUT2D eigenvalue weighted by atomic mass is 16.6. The van der Waals surface area contributed by atoms with Gasteiger partial charge in [-0.25, -0.2) is 0 Å². The van der Waals surface area contributed by atoms with Gasteiger partial charge in [0, 0.05) is 19.3 Å². The van der Waals surface area contributed by atoms with Crippen LogP contribution in [-0.2, 0) is 28.6 Å². The molecule has 1 unspecified atom stereocenters. The van der Waals surface area contributed by atoms with Gasteiger partial charge in [0.2, 0.25) is 0 Å². The predicted octanol–water partition coefficient (Wildman–Crippen LogP) is 21.1. The predicted molar refractivity (Wildman–Crippen MR) is 316 cm³/mol. The summed E-state index contributed by atoms with van der Waals surface area (Å²) in [5.41, 5.74) is 0. The fourth-order valence-corrected chi connectivity index (χ4v) is 8.79. The number of carbonyl (C=O) groups excluding carboxylic acids is 3. The van der Waals surface area contributed by atoms with Crippen molar-refractivity contribution in [3.8, 4) is 0 Å². The van der Waals surface area contributed by atoms with Crippen LogP contribution in [0.4, 0.5) is 0 Å². The molecule has 0 amide bonds. The minimum atomic E-state index is -0.804. The topological polar surface area (TPSA) is 78.9 Å². The lowest BCUT2D eigenvalue weighted by Gasteiger charge is -2.18. The van der Waals surface area contributed by atoms with Gasteiger partial charge in [0.05, 0.1) is 0 Å². The molecule has 6 nitrogen and oxygen atoms in total. The third-order valence-corrected chi connectivity index (χ3v) is 13.4. The molecular formula is C67H116O6. The monoisotopic (exact) mass is 1020 g/mol. The first kappa shape index (κ1) is 69.6. The summed E-state index contributed by atoms with van der Waals surface area (Å²) in [5.74, 6) is -0.951. The summed E-state index contributed by atoms with van der Waals surface area (Å²) in [7, 11) is 0. The van der Waals surface area contributed by atoms with Gasteiger partial charge >= 0.3 is 17.9 Å². The van der Waals surface area contributed by atoms with E-state index in [0.29, 0.717) is 19.3 Å². The van der Waals surface area contributed by atoms with Gasteiger partial charge < -0.3 is 14.2 Å². The van der Waals surface area contributed by atoms with E-state index < -0.39 is 6.10 Å². The summed E-state index contributed by atoms with van der Waals surface area (Å²) in [6.45, 7) is 6.48. The lowest BCUT2D eigenvalue weighted by atomic mass is 10.0. The summed E-state index contributed by atoms with van der Waals surface area (Å²) in [5, 5.41) is 0. The van der Waals surface area contributed by atoms with Gasteiger partial charge in [-0.2, -0.15) is 0 Å². The zero-order chi connectivity index (χ0) is 52.9. The van der Waals surface area contributed by atoms with E-state index in [4.69, 9.17) is 14.2 Å². The maximum Gasteiger partial charge on any atom is 0.306 e. The Balaban J connectivity index is 4.27. The van der Waals surface area contributed by atoms with Crippen LogP contribution in [-0.4, -0.2) is 37.2 Å². The molecule has 0 aliphatic carbocycles. The molecule has 0 saturated heterocycles. The first-order chi connectivity index (χ1) is 36.0. The molecule has 0 radical (unpaired) electrons. The molecule has 0 aliphatic heterocycles. The normalized spacial score (nSPS) is 12.6. The number of carbonyl (C=O) groups is 3. The molecule has 73 heavy (non-hydrogen) atoms. The Morgan fingerprint density at radius 1 is 0.288 bits per heavy atom. The van der Waals surface area contributed by atoms with Crippen molar-refractivity contribution >= 4 is 17.9 Å². The second-order valence-corrected chi connectivity index (χ2v) is 20.6. The maximum atomic E-state index is 12.8. The molecule has 0 rings (SSSR count). The van der Waals surface area contributed by atoms with Crippen LogP contribution in [0.2, 0.25) is 0 Å². The number of unbranched alkanes of at least 4 members (excludes halogenated alkanes) is 31. The van der Waals surface area contributed by atoms with E-state index >= 15 is 0 Å². The molecule has 0 aromatic rings. The van der Waals surface area contributed by atoms with Crippen molar-refractivity contribution in [3.05, 3.63) is 85.1 Å². The Kier molecular flexibility index (Phi) is 58.3. The fraction of sp³-hybridized carbons (Fsp3) is 0.746. The molecule has 0 heterocycles. The van der Waals surface area contributed by atoms with Gasteiger partial charge in [0.15, 0.2) is 6.10 Å². The van der Waals surface area contributed by atoms with Crippen LogP contribution in [0.1, 0.15) is 303 Å². The summed E-state index contributed by atoms with van der Waals surface area (Å²) >= 11 is 0. The first-order valence-corrected chi connectivity index (χ1v) is 31.1. The molecular weight excluding hydrogens is 901 g/mol. The van der Waals surface area contributed by atoms with Crippen LogP contribution in [0, 0.1) is 0 Å². The molecule has 1 atom stereocenters. The second-order valence-electron chi connectivity index (χ2n) is 20.6. The van der Waals surface area contributed by atoms with E-state index in [-0.39, 0.29) is 37.5 Å². The van der Waals surface area contributed by atoms with Crippen LogP contribution in [0.5, 0.6) is 0 Å². The third-order valence-electron chi connectivity index (χ3n) is 13.4. The van der Waals surface area contributed by atoms with E-state index in [9.17, 15) is 14.4 Å². The lowest BCUT2D eigenvalue weighted by molar-refractivity contribution is -0.167. The van der Waals surface area contributed by atoms with Crippen LogP contribution < -0.4 is 0 Å². The van der Waals surface area contributed by atoms with Gasteiger partial charge in [0.25, 0.3) is 0 Å². The highest BCUT2D eigenvalue weighted by molar-refractivity contribution is 5.71. The zero-order valence-corrected chi connectivity index (χ0v) is 48.1. The average Bonchev–Trinajstić information content (AvgIpc) is 3.39. The highest BCUT2D eigenvalue weighted by Crippen LogP contribution is 2.17. The molecule has 6 heteroatoms. The maximum absolute atomic E-state index is 12.8. The van der Waals surface area contributed by atoms with E-state index in [0.717, 1.165) is 89.9 Å². The summed E-state index contributed by atoms with van der Waals surface area (Å²) < 4.78 is 16.8. The molecule has 0 saturated carbocycles. The Morgan fingerprint density at radius 2 is 0.534 bits per heavy atom. The number of hydrogen-bond donors (Lipinski definition) is 0. The van der Waals surface area contributed by atoms with E-state index in [1.54, 1.807) is 0 Å². The number of allylic oxidation sites excluding steroid dienone is 14. The Bertz CT molecular complexity index is 1400. The molecule has 420 valence electrons. The van der Waals surface area contributed by atoms with Gasteiger partial charge in [-0.1, -0.05) is 298 Å². The second kappa shape index (κ2) is 61.1. The molecule has 0 fully saturated rings. The summed E-state index contributed by atoms with van der Waals surface area (Å²) in [6, 6.07) is 0. The van der Waals surface area contributed by atoms with E-state index in [1.165, 1.54) is 167 Å². The van der Waals surface area contributed by atoms with Crippen LogP contribution in [0.15, 0.2) is 85.1 Å². The third kappa shape index (κ3) is 59.3. The van der Waals surface area contributed by atoms with Gasteiger partial charge in [0.1, 0.15) is 13.2 Å². The molecule has 0 aliphatic rings. The first-order valence-electron chi connectivity index (χ1n) is 31.1. The quantitative estimate of drug-likeness (QED) is 0.0261. The summed E-state index contributed by atoms with van der Waals surface area (Å²) in [6.07, 6.45) is 80.4.